The van der Waals surface area contributed by atoms with Gasteiger partial charge < -0.3 is 20.3 Å². The Morgan fingerprint density at radius 3 is 2.96 bits per heavy atom. The lowest BCUT2D eigenvalue weighted by Crippen LogP contribution is -2.36. The SMILES string of the molecule is CN(CCOc1ccccc1Cl)C(=O)CCCC[C@@H]1SC[C@H]2NC(=O)N[C@@H]12. The first kappa shape index (κ1) is 20.1. The van der Waals surface area contributed by atoms with Gasteiger partial charge in [-0.1, -0.05) is 30.2 Å². The van der Waals surface area contributed by atoms with E-state index in [2.05, 4.69) is 10.6 Å². The molecule has 0 aliphatic carbocycles. The molecule has 3 atom stereocenters. The Balaban J connectivity index is 1.29. The monoisotopic (exact) mass is 411 g/mol. The highest BCUT2D eigenvalue weighted by molar-refractivity contribution is 8.00. The Labute approximate surface area is 169 Å². The lowest BCUT2D eigenvalue weighted by atomic mass is 10.0. The molecule has 3 amide bonds. The minimum absolute atomic E-state index is 0.0499. The first-order valence-electron chi connectivity index (χ1n) is 9.34. The highest BCUT2D eigenvalue weighted by Crippen LogP contribution is 2.33. The first-order valence-corrected chi connectivity index (χ1v) is 10.8. The molecular formula is C19H26ClN3O3S. The zero-order valence-electron chi connectivity index (χ0n) is 15.4. The van der Waals surface area contributed by atoms with Crippen molar-refractivity contribution >= 4 is 35.3 Å². The van der Waals surface area contributed by atoms with Crippen molar-refractivity contribution in [1.29, 1.82) is 0 Å². The molecule has 2 aliphatic heterocycles. The number of hydrogen-bond donors (Lipinski definition) is 2. The van der Waals surface area contributed by atoms with Crippen LogP contribution < -0.4 is 15.4 Å². The summed E-state index contributed by atoms with van der Waals surface area (Å²) in [6.07, 6.45) is 3.43. The number of unbranched alkanes of at least 4 members (excludes halogenated alkanes) is 1. The van der Waals surface area contributed by atoms with Crippen molar-refractivity contribution in [2.75, 3.05) is 26.0 Å². The van der Waals surface area contributed by atoms with Crippen molar-refractivity contribution in [3.63, 3.8) is 0 Å². The van der Waals surface area contributed by atoms with Gasteiger partial charge in [-0.05, 0) is 25.0 Å². The van der Waals surface area contributed by atoms with Crippen LogP contribution in [0, 0.1) is 0 Å². The number of amides is 3. The second-order valence-electron chi connectivity index (χ2n) is 6.96. The Morgan fingerprint density at radius 2 is 2.15 bits per heavy atom. The van der Waals surface area contributed by atoms with E-state index in [0.717, 1.165) is 25.0 Å². The van der Waals surface area contributed by atoms with Gasteiger partial charge in [0.2, 0.25) is 5.91 Å². The summed E-state index contributed by atoms with van der Waals surface area (Å²) < 4.78 is 5.63. The van der Waals surface area contributed by atoms with Gasteiger partial charge in [0.05, 0.1) is 23.7 Å². The highest BCUT2D eigenvalue weighted by Gasteiger charge is 2.42. The lowest BCUT2D eigenvalue weighted by molar-refractivity contribution is -0.130. The van der Waals surface area contributed by atoms with E-state index in [-0.39, 0.29) is 24.0 Å². The van der Waals surface area contributed by atoms with Crippen LogP contribution in [0.25, 0.3) is 0 Å². The second kappa shape index (κ2) is 9.55. The number of likely N-dealkylation sites (N-methyl/N-ethyl adjacent to an activating group) is 1. The number of halogens is 1. The maximum Gasteiger partial charge on any atom is 0.315 e. The third kappa shape index (κ3) is 5.45. The molecule has 3 rings (SSSR count). The predicted octanol–water partition coefficient (Wildman–Crippen LogP) is 2.90. The molecule has 0 saturated carbocycles. The van der Waals surface area contributed by atoms with Crippen LogP contribution in [-0.4, -0.2) is 60.1 Å². The lowest BCUT2D eigenvalue weighted by Gasteiger charge is -2.19. The van der Waals surface area contributed by atoms with Crippen LogP contribution in [0.15, 0.2) is 24.3 Å². The normalized spacial score (nSPS) is 23.5. The summed E-state index contributed by atoms with van der Waals surface area (Å²) in [6, 6.07) is 7.77. The van der Waals surface area contributed by atoms with Gasteiger partial charge in [0.25, 0.3) is 0 Å². The summed E-state index contributed by atoms with van der Waals surface area (Å²) in [5.41, 5.74) is 0. The minimum atomic E-state index is -0.0499. The number of rotatable bonds is 9. The average Bonchev–Trinajstić information content (AvgIpc) is 3.19. The molecule has 0 unspecified atom stereocenters. The van der Waals surface area contributed by atoms with Gasteiger partial charge in [0.15, 0.2) is 0 Å². The number of carbonyl (C=O) groups is 2. The molecule has 148 valence electrons. The van der Waals surface area contributed by atoms with Crippen LogP contribution in [-0.2, 0) is 4.79 Å². The predicted molar refractivity (Wildman–Crippen MR) is 109 cm³/mol. The quantitative estimate of drug-likeness (QED) is 0.484. The molecule has 2 saturated heterocycles. The molecule has 1 aromatic rings. The smallest absolute Gasteiger partial charge is 0.315 e. The van der Waals surface area contributed by atoms with Crippen molar-refractivity contribution < 1.29 is 14.3 Å². The second-order valence-corrected chi connectivity index (χ2v) is 8.64. The summed E-state index contributed by atoms with van der Waals surface area (Å²) in [7, 11) is 1.80. The van der Waals surface area contributed by atoms with Crippen molar-refractivity contribution in [3.05, 3.63) is 29.3 Å². The van der Waals surface area contributed by atoms with Crippen LogP contribution in [0.3, 0.4) is 0 Å². The van der Waals surface area contributed by atoms with E-state index in [0.29, 0.717) is 35.6 Å². The summed E-state index contributed by atoms with van der Waals surface area (Å²) in [5, 5.41) is 6.98. The summed E-state index contributed by atoms with van der Waals surface area (Å²) in [6.45, 7) is 0.949. The van der Waals surface area contributed by atoms with Crippen LogP contribution in [0.5, 0.6) is 5.75 Å². The van der Waals surface area contributed by atoms with E-state index in [1.807, 2.05) is 30.0 Å². The van der Waals surface area contributed by atoms with Gasteiger partial charge in [0, 0.05) is 24.5 Å². The fourth-order valence-corrected chi connectivity index (χ4v) is 5.17. The molecule has 0 radical (unpaired) electrons. The maximum absolute atomic E-state index is 12.2. The van der Waals surface area contributed by atoms with Crippen molar-refractivity contribution in [3.8, 4) is 5.75 Å². The fraction of sp³-hybridized carbons (Fsp3) is 0.579. The van der Waals surface area contributed by atoms with Gasteiger partial charge >= 0.3 is 6.03 Å². The number of benzene rings is 1. The molecule has 0 aromatic heterocycles. The zero-order chi connectivity index (χ0) is 19.2. The van der Waals surface area contributed by atoms with Gasteiger partial charge in [-0.25, -0.2) is 4.79 Å². The van der Waals surface area contributed by atoms with E-state index in [1.54, 1.807) is 18.0 Å². The molecule has 2 heterocycles. The number of fused-ring (bicyclic) bond motifs is 1. The third-order valence-corrected chi connectivity index (χ3v) is 6.83. The van der Waals surface area contributed by atoms with Crippen molar-refractivity contribution in [1.82, 2.24) is 15.5 Å². The van der Waals surface area contributed by atoms with Crippen LogP contribution >= 0.6 is 23.4 Å². The van der Waals surface area contributed by atoms with Crippen LogP contribution in [0.1, 0.15) is 25.7 Å². The number of nitrogens with zero attached hydrogens (tertiary/aromatic N) is 1. The maximum atomic E-state index is 12.2. The topological polar surface area (TPSA) is 70.7 Å². The Kier molecular flexibility index (Phi) is 7.13. The van der Waals surface area contributed by atoms with Crippen molar-refractivity contribution in [2.45, 2.75) is 43.0 Å². The summed E-state index contributed by atoms with van der Waals surface area (Å²) in [4.78, 5) is 25.3. The Bertz CT molecular complexity index is 675. The standard InChI is InChI=1S/C19H26ClN3O3S/c1-23(10-11-26-15-7-3-2-6-13(15)20)17(24)9-5-4-8-16-18-14(12-27-16)21-19(25)22-18/h2-3,6-7,14,16,18H,4-5,8-12H2,1H3,(H2,21,22,25)/t14-,16+,18-/m1/s1. The number of nitrogens with one attached hydrogen (secondary N) is 2. The molecule has 6 nitrogen and oxygen atoms in total. The molecule has 0 spiro atoms. The average molecular weight is 412 g/mol. The Morgan fingerprint density at radius 1 is 1.33 bits per heavy atom. The first-order chi connectivity index (χ1) is 13.0. The number of para-hydroxylation sites is 1. The van der Waals surface area contributed by atoms with Gasteiger partial charge in [-0.3, -0.25) is 4.79 Å². The zero-order valence-corrected chi connectivity index (χ0v) is 17.0. The third-order valence-electron chi connectivity index (χ3n) is 5.01. The molecule has 1 aromatic carbocycles. The Hall–Kier alpha value is -1.60. The van der Waals surface area contributed by atoms with E-state index >= 15 is 0 Å². The van der Waals surface area contributed by atoms with Gasteiger partial charge in [-0.15, -0.1) is 0 Å². The molecule has 2 fully saturated rings. The van der Waals surface area contributed by atoms with Gasteiger partial charge in [0.1, 0.15) is 12.4 Å². The van der Waals surface area contributed by atoms with E-state index in [9.17, 15) is 9.59 Å². The molecule has 2 N–H and O–H groups in total. The minimum Gasteiger partial charge on any atom is -0.490 e. The molecule has 0 bridgehead atoms. The summed E-state index contributed by atoms with van der Waals surface area (Å²) >= 11 is 7.96. The number of urea groups is 1. The van der Waals surface area contributed by atoms with Crippen LogP contribution in [0.4, 0.5) is 4.79 Å². The van der Waals surface area contributed by atoms with Crippen LogP contribution in [0.2, 0.25) is 5.02 Å². The molecule has 8 heteroatoms. The number of ether oxygens (including phenoxy) is 1. The van der Waals surface area contributed by atoms with Gasteiger partial charge in [-0.2, -0.15) is 11.8 Å². The van der Waals surface area contributed by atoms with E-state index in [1.165, 1.54) is 0 Å². The molecule has 2 aliphatic rings. The van der Waals surface area contributed by atoms with E-state index < -0.39 is 0 Å². The largest absolute Gasteiger partial charge is 0.490 e. The van der Waals surface area contributed by atoms with Crippen molar-refractivity contribution in [2.24, 2.45) is 0 Å². The number of thioether (sulfide) groups is 1. The van der Waals surface area contributed by atoms with E-state index in [4.69, 9.17) is 16.3 Å². The number of hydrogen-bond acceptors (Lipinski definition) is 4. The molecular weight excluding hydrogens is 386 g/mol. The fourth-order valence-electron chi connectivity index (χ4n) is 3.43. The molecule has 27 heavy (non-hydrogen) atoms. The number of carbonyl (C=O) groups excluding carboxylic acids is 2. The summed E-state index contributed by atoms with van der Waals surface area (Å²) in [5.74, 6) is 1.74. The highest BCUT2D eigenvalue weighted by atomic mass is 35.5.